The lowest BCUT2D eigenvalue weighted by Crippen LogP contribution is -2.13. The Hall–Kier alpha value is -1.84. The van der Waals surface area contributed by atoms with Crippen LogP contribution in [0.15, 0.2) is 23.2 Å². The van der Waals surface area contributed by atoms with Crippen LogP contribution in [0.3, 0.4) is 0 Å². The zero-order chi connectivity index (χ0) is 13.2. The second kappa shape index (κ2) is 5.03. The van der Waals surface area contributed by atoms with Gasteiger partial charge in [-0.05, 0) is 38.3 Å². The van der Waals surface area contributed by atoms with Gasteiger partial charge in [0.25, 0.3) is 0 Å². The number of hydrogen-bond donors (Lipinski definition) is 1. The Labute approximate surface area is 112 Å². The summed E-state index contributed by atoms with van der Waals surface area (Å²) >= 11 is 0. The van der Waals surface area contributed by atoms with Gasteiger partial charge in [-0.2, -0.15) is 0 Å². The summed E-state index contributed by atoms with van der Waals surface area (Å²) in [5.41, 5.74) is 1.94. The van der Waals surface area contributed by atoms with Gasteiger partial charge in [0.1, 0.15) is 11.6 Å². The zero-order valence-corrected chi connectivity index (χ0v) is 11.1. The van der Waals surface area contributed by atoms with Crippen molar-refractivity contribution in [3.8, 4) is 5.75 Å². The smallest absolute Gasteiger partial charge is 0.314 e. The second-order valence-corrected chi connectivity index (χ2v) is 5.18. The van der Waals surface area contributed by atoms with Gasteiger partial charge in [-0.1, -0.05) is 6.07 Å². The number of hydrogen-bond acceptors (Lipinski definition) is 4. The molecule has 100 valence electrons. The fourth-order valence-electron chi connectivity index (χ4n) is 2.17. The first kappa shape index (κ1) is 12.2. The minimum atomic E-state index is -0.0987. The highest BCUT2D eigenvalue weighted by molar-refractivity contribution is 5.97. The average molecular weight is 258 g/mol. The molecule has 0 saturated heterocycles. The highest BCUT2D eigenvalue weighted by Crippen LogP contribution is 2.33. The summed E-state index contributed by atoms with van der Waals surface area (Å²) in [6.07, 6.45) is 4.03. The van der Waals surface area contributed by atoms with Crippen LogP contribution in [0.1, 0.15) is 31.2 Å². The van der Waals surface area contributed by atoms with Gasteiger partial charge in [-0.3, -0.25) is 9.79 Å². The fourth-order valence-corrected chi connectivity index (χ4v) is 2.17. The minimum absolute atomic E-state index is 0.0987. The number of rotatable bonds is 3. The van der Waals surface area contributed by atoms with Gasteiger partial charge in [-0.25, -0.2) is 0 Å². The number of anilines is 1. The van der Waals surface area contributed by atoms with Crippen molar-refractivity contribution in [3.05, 3.63) is 23.8 Å². The maximum atomic E-state index is 11.7. The molecule has 1 aliphatic heterocycles. The number of benzene rings is 1. The Bertz CT molecular complexity index is 533. The van der Waals surface area contributed by atoms with Crippen molar-refractivity contribution < 1.29 is 9.53 Å². The number of nitrogens with one attached hydrogen (secondary N) is 1. The van der Waals surface area contributed by atoms with E-state index < -0.39 is 0 Å². The summed E-state index contributed by atoms with van der Waals surface area (Å²) < 4.78 is 5.46. The average Bonchev–Trinajstić information content (AvgIpc) is 3.13. The molecule has 0 atom stereocenters. The third kappa shape index (κ3) is 2.78. The van der Waals surface area contributed by atoms with Gasteiger partial charge in [0, 0.05) is 24.2 Å². The SMILES string of the molecule is Cc1c(NC2=NCCC2)cccc1OC(=O)C1CC1. The maximum absolute atomic E-state index is 11.7. The Morgan fingerprint density at radius 3 is 2.95 bits per heavy atom. The molecule has 1 aromatic carbocycles. The predicted octanol–water partition coefficient (Wildman–Crippen LogP) is 2.91. The van der Waals surface area contributed by atoms with Gasteiger partial charge in [-0.15, -0.1) is 0 Å². The standard InChI is InChI=1S/C15H18N2O2/c1-10-12(17-14-6-3-9-16-14)4-2-5-13(10)19-15(18)11-7-8-11/h2,4-5,11H,3,6-9H2,1H3,(H,16,17). The minimum Gasteiger partial charge on any atom is -0.426 e. The third-order valence-corrected chi connectivity index (χ3v) is 3.56. The third-order valence-electron chi connectivity index (χ3n) is 3.56. The van der Waals surface area contributed by atoms with E-state index in [1.807, 2.05) is 25.1 Å². The van der Waals surface area contributed by atoms with E-state index in [0.717, 1.165) is 49.3 Å². The van der Waals surface area contributed by atoms with Crippen molar-refractivity contribution in [1.82, 2.24) is 0 Å². The molecule has 3 rings (SSSR count). The Balaban J connectivity index is 1.75. The van der Waals surface area contributed by atoms with E-state index in [2.05, 4.69) is 10.3 Å². The van der Waals surface area contributed by atoms with E-state index in [1.54, 1.807) is 0 Å². The molecule has 0 radical (unpaired) electrons. The zero-order valence-electron chi connectivity index (χ0n) is 11.1. The lowest BCUT2D eigenvalue weighted by atomic mass is 10.1. The van der Waals surface area contributed by atoms with E-state index >= 15 is 0 Å². The molecule has 0 bridgehead atoms. The van der Waals surface area contributed by atoms with Crippen LogP contribution in [0.4, 0.5) is 5.69 Å². The van der Waals surface area contributed by atoms with Gasteiger partial charge in [0.15, 0.2) is 0 Å². The fraction of sp³-hybridized carbons (Fsp3) is 0.467. The lowest BCUT2D eigenvalue weighted by molar-refractivity contribution is -0.135. The normalized spacial score (nSPS) is 18.1. The van der Waals surface area contributed by atoms with E-state index in [1.165, 1.54) is 0 Å². The summed E-state index contributed by atoms with van der Waals surface area (Å²) in [4.78, 5) is 16.1. The molecular weight excluding hydrogens is 240 g/mol. The number of ether oxygens (including phenoxy) is 1. The van der Waals surface area contributed by atoms with E-state index in [4.69, 9.17) is 4.74 Å². The highest BCUT2D eigenvalue weighted by atomic mass is 16.5. The van der Waals surface area contributed by atoms with Crippen LogP contribution in [0, 0.1) is 12.8 Å². The molecule has 1 N–H and O–H groups in total. The summed E-state index contributed by atoms with van der Waals surface area (Å²) in [7, 11) is 0. The first-order valence-corrected chi connectivity index (χ1v) is 6.85. The monoisotopic (exact) mass is 258 g/mol. The van der Waals surface area contributed by atoms with Crippen molar-refractivity contribution in [1.29, 1.82) is 0 Å². The van der Waals surface area contributed by atoms with Crippen molar-refractivity contribution >= 4 is 17.5 Å². The number of esters is 1. The van der Waals surface area contributed by atoms with Crippen molar-refractivity contribution in [3.63, 3.8) is 0 Å². The Morgan fingerprint density at radius 1 is 1.42 bits per heavy atom. The molecule has 0 amide bonds. The molecule has 19 heavy (non-hydrogen) atoms. The van der Waals surface area contributed by atoms with E-state index in [9.17, 15) is 4.79 Å². The molecule has 1 aromatic rings. The molecular formula is C15H18N2O2. The molecule has 0 spiro atoms. The van der Waals surface area contributed by atoms with Crippen LogP contribution >= 0.6 is 0 Å². The first-order chi connectivity index (χ1) is 9.24. The number of aliphatic imine (C=N–C) groups is 1. The van der Waals surface area contributed by atoms with Crippen LogP contribution in [0.2, 0.25) is 0 Å². The lowest BCUT2D eigenvalue weighted by Gasteiger charge is -2.13. The quantitative estimate of drug-likeness (QED) is 0.670. The molecule has 4 nitrogen and oxygen atoms in total. The number of carbonyl (C=O) groups excluding carboxylic acids is 1. The maximum Gasteiger partial charge on any atom is 0.314 e. The van der Waals surface area contributed by atoms with Crippen LogP contribution < -0.4 is 10.1 Å². The Kier molecular flexibility index (Phi) is 3.23. The molecule has 1 aliphatic carbocycles. The first-order valence-electron chi connectivity index (χ1n) is 6.85. The predicted molar refractivity (Wildman–Crippen MR) is 74.7 cm³/mol. The number of amidine groups is 1. The highest BCUT2D eigenvalue weighted by Gasteiger charge is 2.32. The summed E-state index contributed by atoms with van der Waals surface area (Å²) in [5.74, 6) is 1.70. The summed E-state index contributed by atoms with van der Waals surface area (Å²) in [6, 6.07) is 5.74. The second-order valence-electron chi connectivity index (χ2n) is 5.18. The molecule has 1 fully saturated rings. The van der Waals surface area contributed by atoms with Gasteiger partial charge >= 0.3 is 5.97 Å². The van der Waals surface area contributed by atoms with E-state index in [-0.39, 0.29) is 11.9 Å². The Morgan fingerprint density at radius 2 is 2.26 bits per heavy atom. The number of nitrogens with zero attached hydrogens (tertiary/aromatic N) is 1. The van der Waals surface area contributed by atoms with Crippen LogP contribution in [-0.2, 0) is 4.79 Å². The number of carbonyl (C=O) groups is 1. The molecule has 0 unspecified atom stereocenters. The molecule has 2 aliphatic rings. The summed E-state index contributed by atoms with van der Waals surface area (Å²) in [6.45, 7) is 2.87. The molecule has 4 heteroatoms. The van der Waals surface area contributed by atoms with Gasteiger partial charge < -0.3 is 10.1 Å². The van der Waals surface area contributed by atoms with Crippen molar-refractivity contribution in [2.75, 3.05) is 11.9 Å². The van der Waals surface area contributed by atoms with Crippen LogP contribution in [-0.4, -0.2) is 18.3 Å². The van der Waals surface area contributed by atoms with E-state index in [0.29, 0.717) is 5.75 Å². The molecule has 1 heterocycles. The topological polar surface area (TPSA) is 50.7 Å². The van der Waals surface area contributed by atoms with Crippen LogP contribution in [0.5, 0.6) is 5.75 Å². The largest absolute Gasteiger partial charge is 0.426 e. The molecule has 1 saturated carbocycles. The van der Waals surface area contributed by atoms with Gasteiger partial charge in [0.2, 0.25) is 0 Å². The molecule has 0 aromatic heterocycles. The summed E-state index contributed by atoms with van der Waals surface area (Å²) in [5, 5.41) is 3.33. The van der Waals surface area contributed by atoms with Crippen molar-refractivity contribution in [2.45, 2.75) is 32.6 Å². The van der Waals surface area contributed by atoms with Crippen LogP contribution in [0.25, 0.3) is 0 Å². The van der Waals surface area contributed by atoms with Crippen molar-refractivity contribution in [2.24, 2.45) is 10.9 Å². The van der Waals surface area contributed by atoms with Gasteiger partial charge in [0.05, 0.1) is 5.92 Å².